The lowest BCUT2D eigenvalue weighted by atomic mass is 10.2. The molecule has 2 rings (SSSR count). The van der Waals surface area contributed by atoms with Crippen LogP contribution in [0, 0.1) is 10.1 Å². The van der Waals surface area contributed by atoms with Crippen LogP contribution in [0.4, 0.5) is 24.5 Å². The lowest BCUT2D eigenvalue weighted by Gasteiger charge is -2.10. The second-order valence-electron chi connectivity index (χ2n) is 4.30. The number of nitrogens with one attached hydrogen (secondary N) is 1. The molecule has 20 heavy (non-hydrogen) atoms. The minimum atomic E-state index is -5.59. The van der Waals surface area contributed by atoms with E-state index in [9.17, 15) is 31.7 Å². The van der Waals surface area contributed by atoms with Crippen molar-refractivity contribution in [1.82, 2.24) is 0 Å². The lowest BCUT2D eigenvalue weighted by Crippen LogP contribution is -2.23. The van der Waals surface area contributed by atoms with Crippen LogP contribution in [0.3, 0.4) is 0 Å². The Morgan fingerprint density at radius 2 is 1.90 bits per heavy atom. The summed E-state index contributed by atoms with van der Waals surface area (Å²) >= 11 is 0. The number of sulfone groups is 1. The van der Waals surface area contributed by atoms with Crippen molar-refractivity contribution in [1.29, 1.82) is 0 Å². The van der Waals surface area contributed by atoms with E-state index in [2.05, 4.69) is 5.32 Å². The summed E-state index contributed by atoms with van der Waals surface area (Å²) < 4.78 is 59.6. The molecule has 1 N–H and O–H groups in total. The summed E-state index contributed by atoms with van der Waals surface area (Å²) in [5, 5.41) is 13.6. The third-order valence-electron chi connectivity index (χ3n) is 2.72. The van der Waals surface area contributed by atoms with Gasteiger partial charge in [-0.3, -0.25) is 10.1 Å². The molecule has 0 heterocycles. The van der Waals surface area contributed by atoms with Crippen LogP contribution in [0.15, 0.2) is 23.1 Å². The Bertz CT molecular complexity index is 653. The van der Waals surface area contributed by atoms with Gasteiger partial charge in [0.05, 0.1) is 9.82 Å². The van der Waals surface area contributed by atoms with Crippen LogP contribution in [0.2, 0.25) is 0 Å². The number of nitrogens with zero attached hydrogens (tertiary/aromatic N) is 1. The molecule has 0 spiro atoms. The normalized spacial score (nSPS) is 15.9. The average molecular weight is 310 g/mol. The van der Waals surface area contributed by atoms with E-state index in [0.29, 0.717) is 12.1 Å². The van der Waals surface area contributed by atoms with Crippen molar-refractivity contribution in [2.75, 3.05) is 5.32 Å². The number of alkyl halides is 3. The molecule has 0 unspecified atom stereocenters. The predicted octanol–water partition coefficient (Wildman–Crippen LogP) is 2.46. The van der Waals surface area contributed by atoms with E-state index in [0.717, 1.165) is 18.9 Å². The molecule has 0 aromatic heterocycles. The molecule has 1 saturated carbocycles. The highest BCUT2D eigenvalue weighted by Gasteiger charge is 2.47. The number of nitro groups is 1. The Morgan fingerprint density at radius 3 is 2.35 bits per heavy atom. The van der Waals surface area contributed by atoms with Crippen LogP contribution in [0.25, 0.3) is 0 Å². The SMILES string of the molecule is O=[N+]([O-])c1cc(S(=O)(=O)C(F)(F)F)ccc1NC1CC1. The highest BCUT2D eigenvalue weighted by Crippen LogP contribution is 2.36. The summed E-state index contributed by atoms with van der Waals surface area (Å²) in [4.78, 5) is 8.78. The molecule has 1 aliphatic carbocycles. The van der Waals surface area contributed by atoms with E-state index in [-0.39, 0.29) is 11.7 Å². The topological polar surface area (TPSA) is 89.3 Å². The Kier molecular flexibility index (Phi) is 3.36. The maximum absolute atomic E-state index is 12.4. The van der Waals surface area contributed by atoms with Gasteiger partial charge in [-0.15, -0.1) is 0 Å². The zero-order valence-corrected chi connectivity index (χ0v) is 10.7. The highest BCUT2D eigenvalue weighted by atomic mass is 32.2. The molecule has 110 valence electrons. The fourth-order valence-corrected chi connectivity index (χ4v) is 2.31. The third kappa shape index (κ3) is 2.69. The molecular formula is C10H9F3N2O4S. The van der Waals surface area contributed by atoms with Crippen molar-refractivity contribution in [3.8, 4) is 0 Å². The maximum atomic E-state index is 12.4. The molecule has 0 aliphatic heterocycles. The molecule has 10 heteroatoms. The van der Waals surface area contributed by atoms with E-state index in [1.54, 1.807) is 0 Å². The van der Waals surface area contributed by atoms with Crippen LogP contribution in [-0.4, -0.2) is 24.9 Å². The Labute approximate surface area is 111 Å². The maximum Gasteiger partial charge on any atom is 0.501 e. The monoisotopic (exact) mass is 310 g/mol. The molecule has 0 atom stereocenters. The van der Waals surface area contributed by atoms with Gasteiger partial charge in [-0.1, -0.05) is 0 Å². The molecule has 1 fully saturated rings. The second-order valence-corrected chi connectivity index (χ2v) is 6.25. The van der Waals surface area contributed by atoms with E-state index in [1.165, 1.54) is 0 Å². The molecule has 1 aromatic rings. The molecule has 6 nitrogen and oxygen atoms in total. The predicted molar refractivity (Wildman–Crippen MR) is 63.0 cm³/mol. The van der Waals surface area contributed by atoms with Crippen LogP contribution in [0.5, 0.6) is 0 Å². The van der Waals surface area contributed by atoms with Crippen LogP contribution in [-0.2, 0) is 9.84 Å². The van der Waals surface area contributed by atoms with Gasteiger partial charge >= 0.3 is 5.51 Å². The van der Waals surface area contributed by atoms with E-state index >= 15 is 0 Å². The van der Waals surface area contributed by atoms with Gasteiger partial charge in [0.1, 0.15) is 5.69 Å². The van der Waals surface area contributed by atoms with Crippen molar-refractivity contribution in [2.45, 2.75) is 29.3 Å². The average Bonchev–Trinajstić information content (AvgIpc) is 3.11. The van der Waals surface area contributed by atoms with Crippen molar-refractivity contribution in [3.05, 3.63) is 28.3 Å². The zero-order chi connectivity index (χ0) is 15.1. The fourth-order valence-electron chi connectivity index (χ4n) is 1.53. The van der Waals surface area contributed by atoms with Crippen LogP contribution < -0.4 is 5.32 Å². The first-order valence-corrected chi connectivity index (χ1v) is 6.97. The van der Waals surface area contributed by atoms with Crippen molar-refractivity contribution < 1.29 is 26.5 Å². The smallest absolute Gasteiger partial charge is 0.377 e. The number of rotatable bonds is 4. The lowest BCUT2D eigenvalue weighted by molar-refractivity contribution is -0.384. The number of hydrogen-bond acceptors (Lipinski definition) is 5. The summed E-state index contributed by atoms with van der Waals surface area (Å²) in [5.41, 5.74) is -6.17. The quantitative estimate of drug-likeness (QED) is 0.681. The number of anilines is 1. The van der Waals surface area contributed by atoms with E-state index < -0.39 is 30.9 Å². The summed E-state index contributed by atoms with van der Waals surface area (Å²) in [6.07, 6.45) is 1.61. The Hall–Kier alpha value is -1.84. The number of halogens is 3. The Balaban J connectivity index is 2.47. The fraction of sp³-hybridized carbons (Fsp3) is 0.400. The molecule has 1 aliphatic rings. The van der Waals surface area contributed by atoms with Gasteiger partial charge in [-0.25, -0.2) is 8.42 Å². The minimum absolute atomic E-state index is 0.0126. The standard InChI is InChI=1S/C10H9F3N2O4S/c11-10(12,13)20(18,19)7-3-4-8(14-6-1-2-6)9(5-7)15(16)17/h3-6,14H,1-2H2. The highest BCUT2D eigenvalue weighted by molar-refractivity contribution is 7.92. The van der Waals surface area contributed by atoms with Gasteiger partial charge in [0.25, 0.3) is 15.5 Å². The van der Waals surface area contributed by atoms with Gasteiger partial charge < -0.3 is 5.32 Å². The summed E-state index contributed by atoms with van der Waals surface area (Å²) in [5.74, 6) is 0. The molecule has 1 aromatic carbocycles. The molecule has 0 saturated heterocycles. The number of benzene rings is 1. The van der Waals surface area contributed by atoms with Gasteiger partial charge in [-0.05, 0) is 25.0 Å². The van der Waals surface area contributed by atoms with Crippen molar-refractivity contribution in [2.24, 2.45) is 0 Å². The van der Waals surface area contributed by atoms with Gasteiger partial charge in [0, 0.05) is 12.1 Å². The first kappa shape index (κ1) is 14.6. The summed E-state index contributed by atoms with van der Waals surface area (Å²) in [7, 11) is -5.59. The zero-order valence-electron chi connectivity index (χ0n) is 9.85. The third-order valence-corrected chi connectivity index (χ3v) is 4.20. The number of hydrogen-bond donors (Lipinski definition) is 1. The molecule has 0 amide bonds. The van der Waals surface area contributed by atoms with Gasteiger partial charge in [0.2, 0.25) is 0 Å². The molecule has 0 radical (unpaired) electrons. The van der Waals surface area contributed by atoms with Gasteiger partial charge in [-0.2, -0.15) is 13.2 Å². The van der Waals surface area contributed by atoms with Crippen LogP contribution >= 0.6 is 0 Å². The largest absolute Gasteiger partial charge is 0.501 e. The van der Waals surface area contributed by atoms with E-state index in [4.69, 9.17) is 0 Å². The summed E-state index contributed by atoms with van der Waals surface area (Å²) in [6.45, 7) is 0. The van der Waals surface area contributed by atoms with Crippen molar-refractivity contribution >= 4 is 21.2 Å². The molecular weight excluding hydrogens is 301 g/mol. The van der Waals surface area contributed by atoms with E-state index in [1.807, 2.05) is 0 Å². The Morgan fingerprint density at radius 1 is 1.30 bits per heavy atom. The second kappa shape index (κ2) is 4.62. The first-order valence-electron chi connectivity index (χ1n) is 5.49. The first-order chi connectivity index (χ1) is 9.13. The molecule has 0 bridgehead atoms. The van der Waals surface area contributed by atoms with Gasteiger partial charge in [0.15, 0.2) is 0 Å². The number of nitro benzene ring substituents is 1. The van der Waals surface area contributed by atoms with Crippen LogP contribution in [0.1, 0.15) is 12.8 Å². The summed E-state index contributed by atoms with van der Waals surface area (Å²) in [6, 6.07) is 2.15. The minimum Gasteiger partial charge on any atom is -0.377 e. The van der Waals surface area contributed by atoms with Crippen molar-refractivity contribution in [3.63, 3.8) is 0 Å².